The van der Waals surface area contributed by atoms with Crippen LogP contribution in [-0.4, -0.2) is 10.2 Å². The Morgan fingerprint density at radius 1 is 1.43 bits per heavy atom. The lowest BCUT2D eigenvalue weighted by Crippen LogP contribution is -1.90. The highest BCUT2D eigenvalue weighted by Crippen LogP contribution is 2.18. The molecule has 0 fully saturated rings. The zero-order valence-electron chi connectivity index (χ0n) is 7.01. The zero-order valence-corrected chi connectivity index (χ0v) is 7.77. The standard InChI is InChI=1S/C9H6ClNO3/c10-9(12)6-5-7-3-1-2-4-8(7)11(13)14/h1-6H/b6-5+. The van der Waals surface area contributed by atoms with Gasteiger partial charge in [-0.25, -0.2) is 0 Å². The number of halogens is 1. The molecule has 0 radical (unpaired) electrons. The molecular formula is C9H6ClNO3. The van der Waals surface area contributed by atoms with Crippen LogP contribution in [0.5, 0.6) is 0 Å². The highest BCUT2D eigenvalue weighted by molar-refractivity contribution is 6.66. The Morgan fingerprint density at radius 3 is 2.64 bits per heavy atom. The third-order valence-electron chi connectivity index (χ3n) is 1.53. The van der Waals surface area contributed by atoms with Crippen LogP contribution in [0.25, 0.3) is 6.08 Å². The second kappa shape index (κ2) is 4.53. The van der Waals surface area contributed by atoms with Crippen LogP contribution in [-0.2, 0) is 4.79 Å². The number of nitrogens with zero attached hydrogens (tertiary/aromatic N) is 1. The fourth-order valence-corrected chi connectivity index (χ4v) is 1.01. The van der Waals surface area contributed by atoms with Gasteiger partial charge in [-0.05, 0) is 29.8 Å². The Morgan fingerprint density at radius 2 is 2.07 bits per heavy atom. The molecule has 1 rings (SSSR count). The van der Waals surface area contributed by atoms with E-state index in [9.17, 15) is 14.9 Å². The SMILES string of the molecule is O=C(Cl)/C=C/c1ccccc1[N+](=O)[O-]. The molecule has 0 spiro atoms. The van der Waals surface area contributed by atoms with Crippen molar-refractivity contribution in [1.82, 2.24) is 0 Å². The molecule has 0 saturated carbocycles. The number of para-hydroxylation sites is 1. The van der Waals surface area contributed by atoms with Gasteiger partial charge < -0.3 is 0 Å². The molecule has 0 aromatic heterocycles. The molecule has 0 atom stereocenters. The molecule has 0 unspecified atom stereocenters. The lowest BCUT2D eigenvalue weighted by Gasteiger charge is -1.94. The van der Waals surface area contributed by atoms with Crippen LogP contribution in [0.4, 0.5) is 5.69 Å². The van der Waals surface area contributed by atoms with Crippen molar-refractivity contribution in [3.8, 4) is 0 Å². The Labute approximate surface area is 85.0 Å². The smallest absolute Gasteiger partial charge is 0.276 e. The number of benzene rings is 1. The van der Waals surface area contributed by atoms with E-state index in [0.717, 1.165) is 6.08 Å². The van der Waals surface area contributed by atoms with Crippen LogP contribution in [0.2, 0.25) is 0 Å². The zero-order chi connectivity index (χ0) is 10.6. The number of allylic oxidation sites excluding steroid dienone is 1. The Kier molecular flexibility index (Phi) is 3.36. The van der Waals surface area contributed by atoms with Crippen LogP contribution in [0.1, 0.15) is 5.56 Å². The molecule has 4 nitrogen and oxygen atoms in total. The van der Waals surface area contributed by atoms with Crippen molar-refractivity contribution in [3.63, 3.8) is 0 Å². The summed E-state index contributed by atoms with van der Waals surface area (Å²) in [4.78, 5) is 20.4. The fourth-order valence-electron chi connectivity index (χ4n) is 0.950. The Hall–Kier alpha value is -1.68. The first-order valence-electron chi connectivity index (χ1n) is 3.72. The molecule has 5 heteroatoms. The third kappa shape index (κ3) is 2.67. The van der Waals surface area contributed by atoms with Crippen LogP contribution < -0.4 is 0 Å². The molecular weight excluding hydrogens is 206 g/mol. The van der Waals surface area contributed by atoms with Gasteiger partial charge in [-0.2, -0.15) is 0 Å². The Bertz CT molecular complexity index is 401. The van der Waals surface area contributed by atoms with Crippen molar-refractivity contribution in [3.05, 3.63) is 46.0 Å². The van der Waals surface area contributed by atoms with Crippen molar-refractivity contribution in [2.45, 2.75) is 0 Å². The molecule has 0 aliphatic carbocycles. The van der Waals surface area contributed by atoms with Gasteiger partial charge >= 0.3 is 0 Å². The number of carbonyl (C=O) groups excluding carboxylic acids is 1. The normalized spacial score (nSPS) is 10.4. The number of nitro groups is 1. The molecule has 0 aliphatic heterocycles. The summed E-state index contributed by atoms with van der Waals surface area (Å²) in [6, 6.07) is 6.09. The second-order valence-electron chi connectivity index (χ2n) is 2.45. The van der Waals surface area contributed by atoms with Gasteiger partial charge in [0.1, 0.15) is 0 Å². The molecule has 14 heavy (non-hydrogen) atoms. The van der Waals surface area contributed by atoms with E-state index in [4.69, 9.17) is 11.6 Å². The van der Waals surface area contributed by atoms with Crippen molar-refractivity contribution < 1.29 is 9.72 Å². The van der Waals surface area contributed by atoms with Gasteiger partial charge in [0.2, 0.25) is 5.24 Å². The number of hydrogen-bond donors (Lipinski definition) is 0. The van der Waals surface area contributed by atoms with Gasteiger partial charge in [-0.3, -0.25) is 14.9 Å². The van der Waals surface area contributed by atoms with Crippen molar-refractivity contribution in [2.24, 2.45) is 0 Å². The van der Waals surface area contributed by atoms with Gasteiger partial charge in [-0.1, -0.05) is 12.1 Å². The van der Waals surface area contributed by atoms with Gasteiger partial charge in [0, 0.05) is 6.07 Å². The van der Waals surface area contributed by atoms with E-state index in [0.29, 0.717) is 5.56 Å². The highest BCUT2D eigenvalue weighted by Gasteiger charge is 2.09. The summed E-state index contributed by atoms with van der Waals surface area (Å²) in [5.41, 5.74) is 0.299. The lowest BCUT2D eigenvalue weighted by atomic mass is 10.2. The maximum absolute atomic E-state index is 10.5. The van der Waals surface area contributed by atoms with Crippen LogP contribution >= 0.6 is 11.6 Å². The van der Waals surface area contributed by atoms with E-state index in [-0.39, 0.29) is 5.69 Å². The van der Waals surface area contributed by atoms with Gasteiger partial charge in [0.05, 0.1) is 10.5 Å². The molecule has 0 saturated heterocycles. The minimum Gasteiger partial charge on any atom is -0.276 e. The van der Waals surface area contributed by atoms with Crippen molar-refractivity contribution in [1.29, 1.82) is 0 Å². The van der Waals surface area contributed by atoms with E-state index < -0.39 is 10.2 Å². The summed E-state index contributed by atoms with van der Waals surface area (Å²) in [7, 11) is 0. The van der Waals surface area contributed by atoms with E-state index in [2.05, 4.69) is 0 Å². The first kappa shape index (κ1) is 10.4. The molecule has 0 heterocycles. The summed E-state index contributed by atoms with van der Waals surface area (Å²) >= 11 is 5.06. The van der Waals surface area contributed by atoms with Crippen molar-refractivity contribution >= 4 is 28.6 Å². The maximum atomic E-state index is 10.5. The first-order valence-corrected chi connectivity index (χ1v) is 4.10. The van der Waals surface area contributed by atoms with Crippen molar-refractivity contribution in [2.75, 3.05) is 0 Å². The lowest BCUT2D eigenvalue weighted by molar-refractivity contribution is -0.385. The highest BCUT2D eigenvalue weighted by atomic mass is 35.5. The number of hydrogen-bond acceptors (Lipinski definition) is 3. The van der Waals surface area contributed by atoms with Crippen LogP contribution in [0.15, 0.2) is 30.3 Å². The number of carbonyl (C=O) groups is 1. The third-order valence-corrected chi connectivity index (χ3v) is 1.65. The monoisotopic (exact) mass is 211 g/mol. The average Bonchev–Trinajstić information content (AvgIpc) is 2.15. The van der Waals surface area contributed by atoms with E-state index >= 15 is 0 Å². The summed E-state index contributed by atoms with van der Waals surface area (Å²) in [6.45, 7) is 0. The van der Waals surface area contributed by atoms with Crippen LogP contribution in [0, 0.1) is 10.1 Å². The quantitative estimate of drug-likeness (QED) is 0.334. The summed E-state index contributed by atoms with van der Waals surface area (Å²) in [5.74, 6) is 0. The molecule has 1 aromatic carbocycles. The summed E-state index contributed by atoms with van der Waals surface area (Å²) < 4.78 is 0. The van der Waals surface area contributed by atoms with E-state index in [1.54, 1.807) is 12.1 Å². The topological polar surface area (TPSA) is 60.2 Å². The van der Waals surface area contributed by atoms with E-state index in [1.807, 2.05) is 0 Å². The molecule has 72 valence electrons. The molecule has 1 aromatic rings. The van der Waals surface area contributed by atoms with Gasteiger partial charge in [-0.15, -0.1) is 0 Å². The summed E-state index contributed by atoms with van der Waals surface area (Å²) in [6.07, 6.45) is 2.39. The summed E-state index contributed by atoms with van der Waals surface area (Å²) in [5, 5.41) is 9.86. The molecule has 0 aliphatic rings. The number of rotatable bonds is 3. The second-order valence-corrected chi connectivity index (χ2v) is 2.83. The van der Waals surface area contributed by atoms with Crippen LogP contribution in [0.3, 0.4) is 0 Å². The van der Waals surface area contributed by atoms with Gasteiger partial charge in [0.15, 0.2) is 0 Å². The average molecular weight is 212 g/mol. The first-order chi connectivity index (χ1) is 6.61. The van der Waals surface area contributed by atoms with Gasteiger partial charge in [0.25, 0.3) is 5.69 Å². The predicted molar refractivity (Wildman–Crippen MR) is 53.0 cm³/mol. The predicted octanol–water partition coefficient (Wildman–Crippen LogP) is 2.37. The minimum atomic E-state index is -0.664. The minimum absolute atomic E-state index is 0.0540. The molecule has 0 N–H and O–H groups in total. The largest absolute Gasteiger partial charge is 0.276 e. The maximum Gasteiger partial charge on any atom is 0.276 e. The molecule has 0 amide bonds. The fraction of sp³-hybridized carbons (Fsp3) is 0. The molecule has 0 bridgehead atoms. The Balaban J connectivity index is 3.07. The van der Waals surface area contributed by atoms with E-state index in [1.165, 1.54) is 18.2 Å². The number of nitro benzene ring substituents is 1.